The van der Waals surface area contributed by atoms with Crippen LogP contribution in [0.3, 0.4) is 0 Å². The van der Waals surface area contributed by atoms with Gasteiger partial charge in [-0.1, -0.05) is 5.16 Å². The number of benzene rings is 1. The zero-order valence-corrected chi connectivity index (χ0v) is 14.9. The number of nitrogens with one attached hydrogen (secondary N) is 1. The maximum absolute atomic E-state index is 12.5. The predicted octanol–water partition coefficient (Wildman–Crippen LogP) is 4.52. The highest BCUT2D eigenvalue weighted by Gasteiger charge is 2.20. The predicted molar refractivity (Wildman–Crippen MR) is 98.0 cm³/mol. The highest BCUT2D eigenvalue weighted by atomic mass is 16.5. The van der Waals surface area contributed by atoms with Crippen LogP contribution < -0.4 is 14.8 Å². The number of nitrogens with zero attached hydrogens (tertiary/aromatic N) is 1. The van der Waals surface area contributed by atoms with Gasteiger partial charge in [0.2, 0.25) is 5.76 Å². The van der Waals surface area contributed by atoms with Crippen LogP contribution in [-0.2, 0) is 0 Å². The molecule has 7 heteroatoms. The van der Waals surface area contributed by atoms with E-state index in [1.165, 1.54) is 25.2 Å². The minimum Gasteiger partial charge on any atom is -0.493 e. The van der Waals surface area contributed by atoms with Crippen LogP contribution in [0, 0.1) is 0 Å². The number of amides is 1. The molecule has 4 rings (SSSR count). The standard InChI is InChI=1S/C20H20N2O5/c1-24-16-9-8-13(11-18(16)26-14-5-2-3-6-14)21-20(23)15-12-19(27-22-15)17-7-4-10-25-17/h4,7-12,14H,2-3,5-6H2,1H3,(H,21,23). The van der Waals surface area contributed by atoms with Crippen molar-refractivity contribution in [1.29, 1.82) is 0 Å². The quantitative estimate of drug-likeness (QED) is 0.688. The van der Waals surface area contributed by atoms with E-state index in [4.69, 9.17) is 18.4 Å². The second kappa shape index (κ2) is 7.57. The first kappa shape index (κ1) is 17.2. The van der Waals surface area contributed by atoms with E-state index in [-0.39, 0.29) is 17.7 Å². The van der Waals surface area contributed by atoms with Crippen LogP contribution in [0.15, 0.2) is 51.6 Å². The smallest absolute Gasteiger partial charge is 0.277 e. The normalized spacial score (nSPS) is 14.3. The van der Waals surface area contributed by atoms with Crippen molar-refractivity contribution in [3.8, 4) is 23.0 Å². The van der Waals surface area contributed by atoms with Crippen molar-refractivity contribution in [2.75, 3.05) is 12.4 Å². The average Bonchev–Trinajstić information content (AvgIpc) is 3.43. The number of hydrogen-bond donors (Lipinski definition) is 1. The van der Waals surface area contributed by atoms with Gasteiger partial charge < -0.3 is 23.7 Å². The van der Waals surface area contributed by atoms with Crippen LogP contribution in [-0.4, -0.2) is 24.3 Å². The number of carbonyl (C=O) groups excluding carboxylic acids is 1. The lowest BCUT2D eigenvalue weighted by molar-refractivity contribution is 0.101. The van der Waals surface area contributed by atoms with Gasteiger partial charge in [-0.3, -0.25) is 4.79 Å². The fraction of sp³-hybridized carbons (Fsp3) is 0.300. The van der Waals surface area contributed by atoms with Crippen LogP contribution in [0.5, 0.6) is 11.5 Å². The highest BCUT2D eigenvalue weighted by molar-refractivity contribution is 6.03. The molecule has 1 aliphatic rings. The van der Waals surface area contributed by atoms with Crippen molar-refractivity contribution >= 4 is 11.6 Å². The largest absolute Gasteiger partial charge is 0.493 e. The number of ether oxygens (including phenoxy) is 2. The summed E-state index contributed by atoms with van der Waals surface area (Å²) in [5, 5.41) is 6.61. The van der Waals surface area contributed by atoms with Gasteiger partial charge in [0.15, 0.2) is 23.0 Å². The summed E-state index contributed by atoms with van der Waals surface area (Å²) in [7, 11) is 1.60. The molecule has 1 aliphatic carbocycles. The van der Waals surface area contributed by atoms with Gasteiger partial charge in [0.25, 0.3) is 5.91 Å². The fourth-order valence-corrected chi connectivity index (χ4v) is 3.14. The van der Waals surface area contributed by atoms with Gasteiger partial charge in [-0.05, 0) is 49.9 Å². The molecule has 1 N–H and O–H groups in total. The van der Waals surface area contributed by atoms with Crippen molar-refractivity contribution < 1.29 is 23.2 Å². The minimum atomic E-state index is -0.381. The number of aromatic nitrogens is 1. The second-order valence-electron chi connectivity index (χ2n) is 6.40. The third kappa shape index (κ3) is 3.81. The number of anilines is 1. The highest BCUT2D eigenvalue weighted by Crippen LogP contribution is 2.34. The summed E-state index contributed by atoms with van der Waals surface area (Å²) in [6.45, 7) is 0. The molecular formula is C20H20N2O5. The molecule has 0 bridgehead atoms. The first-order valence-electron chi connectivity index (χ1n) is 8.89. The molecule has 140 valence electrons. The van der Waals surface area contributed by atoms with E-state index < -0.39 is 0 Å². The molecule has 2 heterocycles. The molecule has 1 amide bonds. The molecule has 1 fully saturated rings. The molecular weight excluding hydrogens is 348 g/mol. The summed E-state index contributed by atoms with van der Waals surface area (Å²) in [5.41, 5.74) is 0.756. The first-order valence-corrected chi connectivity index (χ1v) is 8.89. The third-order valence-electron chi connectivity index (χ3n) is 4.52. The summed E-state index contributed by atoms with van der Waals surface area (Å²) in [6.07, 6.45) is 6.14. The molecule has 1 aromatic carbocycles. The molecule has 3 aromatic rings. The Hall–Kier alpha value is -3.22. The Kier molecular flexibility index (Phi) is 4.82. The van der Waals surface area contributed by atoms with Crippen molar-refractivity contribution in [2.24, 2.45) is 0 Å². The summed E-state index contributed by atoms with van der Waals surface area (Å²) in [4.78, 5) is 12.5. The first-order chi connectivity index (χ1) is 13.2. The fourth-order valence-electron chi connectivity index (χ4n) is 3.14. The molecule has 0 spiro atoms. The third-order valence-corrected chi connectivity index (χ3v) is 4.52. The zero-order chi connectivity index (χ0) is 18.6. The number of carbonyl (C=O) groups is 1. The van der Waals surface area contributed by atoms with Crippen molar-refractivity contribution in [3.63, 3.8) is 0 Å². The van der Waals surface area contributed by atoms with E-state index in [1.807, 2.05) is 0 Å². The number of furan rings is 1. The Morgan fingerprint density at radius 1 is 1.15 bits per heavy atom. The summed E-state index contributed by atoms with van der Waals surface area (Å²) < 4.78 is 21.8. The zero-order valence-electron chi connectivity index (χ0n) is 14.9. The molecule has 0 radical (unpaired) electrons. The van der Waals surface area contributed by atoms with E-state index >= 15 is 0 Å². The maximum Gasteiger partial charge on any atom is 0.277 e. The Bertz CT molecular complexity index is 910. The van der Waals surface area contributed by atoms with Gasteiger partial charge in [0.05, 0.1) is 19.5 Å². The molecule has 7 nitrogen and oxygen atoms in total. The van der Waals surface area contributed by atoms with Crippen molar-refractivity contribution in [2.45, 2.75) is 31.8 Å². The van der Waals surface area contributed by atoms with E-state index in [1.54, 1.807) is 37.4 Å². The summed E-state index contributed by atoms with van der Waals surface area (Å²) in [6, 6.07) is 10.3. The topological polar surface area (TPSA) is 86.7 Å². The molecule has 0 unspecified atom stereocenters. The summed E-state index contributed by atoms with van der Waals surface area (Å²) in [5.74, 6) is 1.79. The second-order valence-corrected chi connectivity index (χ2v) is 6.40. The molecule has 1 saturated carbocycles. The number of hydrogen-bond acceptors (Lipinski definition) is 6. The monoisotopic (exact) mass is 368 g/mol. The maximum atomic E-state index is 12.5. The van der Waals surface area contributed by atoms with Gasteiger partial charge in [0, 0.05) is 17.8 Å². The Morgan fingerprint density at radius 2 is 2.00 bits per heavy atom. The summed E-state index contributed by atoms with van der Waals surface area (Å²) >= 11 is 0. The van der Waals surface area contributed by atoms with Crippen molar-refractivity contribution in [1.82, 2.24) is 5.16 Å². The molecule has 0 atom stereocenters. The SMILES string of the molecule is COc1ccc(NC(=O)c2cc(-c3ccco3)on2)cc1OC1CCCC1. The van der Waals surface area contributed by atoms with Gasteiger partial charge in [-0.2, -0.15) is 0 Å². The lowest BCUT2D eigenvalue weighted by Crippen LogP contribution is -2.14. The number of methoxy groups -OCH3 is 1. The molecule has 0 aliphatic heterocycles. The van der Waals surface area contributed by atoms with Crippen LogP contribution >= 0.6 is 0 Å². The van der Waals surface area contributed by atoms with Crippen LogP contribution in [0.4, 0.5) is 5.69 Å². The Labute approximate surface area is 156 Å². The average molecular weight is 368 g/mol. The Morgan fingerprint density at radius 3 is 2.74 bits per heavy atom. The van der Waals surface area contributed by atoms with Gasteiger partial charge in [0.1, 0.15) is 0 Å². The lowest BCUT2D eigenvalue weighted by atomic mass is 10.2. The van der Waals surface area contributed by atoms with Gasteiger partial charge in [-0.15, -0.1) is 0 Å². The van der Waals surface area contributed by atoms with Crippen LogP contribution in [0.2, 0.25) is 0 Å². The van der Waals surface area contributed by atoms with Crippen LogP contribution in [0.25, 0.3) is 11.5 Å². The van der Waals surface area contributed by atoms with Crippen LogP contribution in [0.1, 0.15) is 36.2 Å². The lowest BCUT2D eigenvalue weighted by Gasteiger charge is -2.17. The van der Waals surface area contributed by atoms with Gasteiger partial charge in [-0.25, -0.2) is 0 Å². The van der Waals surface area contributed by atoms with Crippen molar-refractivity contribution in [3.05, 3.63) is 48.4 Å². The molecule has 2 aromatic heterocycles. The van der Waals surface area contributed by atoms with Gasteiger partial charge >= 0.3 is 0 Å². The minimum absolute atomic E-state index is 0.162. The van der Waals surface area contributed by atoms with E-state index in [0.29, 0.717) is 28.7 Å². The van der Waals surface area contributed by atoms with E-state index in [2.05, 4.69) is 10.5 Å². The number of rotatable bonds is 6. The molecule has 27 heavy (non-hydrogen) atoms. The molecule has 0 saturated heterocycles. The van der Waals surface area contributed by atoms with E-state index in [0.717, 1.165) is 12.8 Å². The Balaban J connectivity index is 1.49. The van der Waals surface area contributed by atoms with E-state index in [9.17, 15) is 4.79 Å².